The fourth-order valence-corrected chi connectivity index (χ4v) is 3.97. The van der Waals surface area contributed by atoms with Gasteiger partial charge in [-0.25, -0.2) is 0 Å². The molecule has 0 saturated carbocycles. The number of rotatable bonds is 7. The molecule has 2 unspecified atom stereocenters. The van der Waals surface area contributed by atoms with E-state index in [1.54, 1.807) is 6.07 Å². The van der Waals surface area contributed by atoms with Crippen molar-refractivity contribution in [1.82, 2.24) is 15.5 Å². The number of carbonyl (C=O) groups is 2. The molecule has 1 aromatic carbocycles. The summed E-state index contributed by atoms with van der Waals surface area (Å²) in [4.78, 5) is 37.0. The molecule has 0 radical (unpaired) electrons. The molecule has 2 atom stereocenters. The summed E-state index contributed by atoms with van der Waals surface area (Å²) >= 11 is 0. The van der Waals surface area contributed by atoms with E-state index in [1.165, 1.54) is 12.1 Å². The maximum absolute atomic E-state index is 12.6. The summed E-state index contributed by atoms with van der Waals surface area (Å²) in [5.74, 6) is 0.410. The van der Waals surface area contributed by atoms with Crippen LogP contribution in [0.1, 0.15) is 37.7 Å². The van der Waals surface area contributed by atoms with Crippen molar-refractivity contribution in [2.24, 2.45) is 5.92 Å². The van der Waals surface area contributed by atoms with Gasteiger partial charge in [-0.05, 0) is 50.1 Å². The van der Waals surface area contributed by atoms with E-state index >= 15 is 0 Å². The standard InChI is InChI=1S/C20H28N4O4/c25-19(9-8-15-4-1-6-17(12-15)24(27)28)23-11-3-5-16(14-23)13-22-20(26)18-7-2-10-21-18/h1,4,6,12,16,18,21H,2-3,5,7-11,13-14H2,(H,22,26). The minimum absolute atomic E-state index is 0.0514. The maximum Gasteiger partial charge on any atom is 0.269 e. The van der Waals surface area contributed by atoms with Crippen LogP contribution in [0.15, 0.2) is 24.3 Å². The van der Waals surface area contributed by atoms with Crippen LogP contribution in [0.25, 0.3) is 0 Å². The van der Waals surface area contributed by atoms with Crippen molar-refractivity contribution in [3.8, 4) is 0 Å². The Morgan fingerprint density at radius 1 is 1.29 bits per heavy atom. The molecule has 8 nitrogen and oxygen atoms in total. The van der Waals surface area contributed by atoms with Crippen LogP contribution in [-0.2, 0) is 16.0 Å². The molecule has 28 heavy (non-hydrogen) atoms. The highest BCUT2D eigenvalue weighted by atomic mass is 16.6. The number of nitro groups is 1. The highest BCUT2D eigenvalue weighted by Crippen LogP contribution is 2.19. The second-order valence-electron chi connectivity index (χ2n) is 7.67. The molecule has 2 aliphatic rings. The Balaban J connectivity index is 1.44. The number of non-ortho nitro benzene ring substituents is 1. The van der Waals surface area contributed by atoms with Crippen molar-refractivity contribution in [1.29, 1.82) is 0 Å². The van der Waals surface area contributed by atoms with E-state index < -0.39 is 4.92 Å². The van der Waals surface area contributed by atoms with Gasteiger partial charge in [0, 0.05) is 38.2 Å². The molecule has 2 fully saturated rings. The van der Waals surface area contributed by atoms with Gasteiger partial charge in [-0.1, -0.05) is 12.1 Å². The molecule has 2 heterocycles. The van der Waals surface area contributed by atoms with Crippen molar-refractivity contribution < 1.29 is 14.5 Å². The quantitative estimate of drug-likeness (QED) is 0.546. The van der Waals surface area contributed by atoms with Gasteiger partial charge >= 0.3 is 0 Å². The summed E-state index contributed by atoms with van der Waals surface area (Å²) in [6.07, 6.45) is 4.70. The van der Waals surface area contributed by atoms with Gasteiger partial charge in [0.1, 0.15) is 0 Å². The zero-order valence-corrected chi connectivity index (χ0v) is 16.1. The fraction of sp³-hybridized carbons (Fsp3) is 0.600. The van der Waals surface area contributed by atoms with Crippen LogP contribution >= 0.6 is 0 Å². The summed E-state index contributed by atoms with van der Waals surface area (Å²) in [6.45, 7) is 2.90. The van der Waals surface area contributed by atoms with Crippen LogP contribution in [0.5, 0.6) is 0 Å². The zero-order chi connectivity index (χ0) is 19.9. The van der Waals surface area contributed by atoms with Crippen molar-refractivity contribution in [2.45, 2.75) is 44.6 Å². The van der Waals surface area contributed by atoms with Gasteiger partial charge in [0.05, 0.1) is 11.0 Å². The number of nitrogens with zero attached hydrogens (tertiary/aromatic N) is 2. The lowest BCUT2D eigenvalue weighted by molar-refractivity contribution is -0.384. The van der Waals surface area contributed by atoms with E-state index in [0.29, 0.717) is 25.9 Å². The number of hydrogen-bond donors (Lipinski definition) is 2. The Labute approximate surface area is 164 Å². The molecule has 1 aromatic rings. The van der Waals surface area contributed by atoms with Crippen molar-refractivity contribution in [2.75, 3.05) is 26.2 Å². The third-order valence-electron chi connectivity index (χ3n) is 5.56. The molecule has 0 bridgehead atoms. The number of carbonyl (C=O) groups excluding carboxylic acids is 2. The van der Waals surface area contributed by atoms with E-state index in [2.05, 4.69) is 10.6 Å². The van der Waals surface area contributed by atoms with E-state index in [4.69, 9.17) is 0 Å². The Morgan fingerprint density at radius 3 is 2.89 bits per heavy atom. The van der Waals surface area contributed by atoms with Crippen molar-refractivity contribution in [3.63, 3.8) is 0 Å². The number of hydrogen-bond acceptors (Lipinski definition) is 5. The Morgan fingerprint density at radius 2 is 2.14 bits per heavy atom. The maximum atomic E-state index is 12.6. The molecule has 152 valence electrons. The van der Waals surface area contributed by atoms with E-state index in [0.717, 1.165) is 44.3 Å². The number of nitro benzene ring substituents is 1. The average molecular weight is 388 g/mol. The minimum Gasteiger partial charge on any atom is -0.354 e. The Kier molecular flexibility index (Phi) is 6.97. The predicted octanol–water partition coefficient (Wildman–Crippen LogP) is 1.63. The lowest BCUT2D eigenvalue weighted by Crippen LogP contribution is -2.46. The van der Waals surface area contributed by atoms with Crippen LogP contribution in [0.2, 0.25) is 0 Å². The predicted molar refractivity (Wildman–Crippen MR) is 105 cm³/mol. The van der Waals surface area contributed by atoms with Gasteiger partial charge in [0.25, 0.3) is 5.69 Å². The van der Waals surface area contributed by atoms with Crippen LogP contribution in [0.3, 0.4) is 0 Å². The number of benzene rings is 1. The Bertz CT molecular complexity index is 718. The smallest absolute Gasteiger partial charge is 0.269 e. The highest BCUT2D eigenvalue weighted by molar-refractivity contribution is 5.82. The molecule has 0 aliphatic carbocycles. The van der Waals surface area contributed by atoms with Crippen LogP contribution < -0.4 is 10.6 Å². The van der Waals surface area contributed by atoms with Gasteiger partial charge in [-0.2, -0.15) is 0 Å². The Hall–Kier alpha value is -2.48. The molecule has 2 amide bonds. The highest BCUT2D eigenvalue weighted by Gasteiger charge is 2.26. The molecule has 2 saturated heterocycles. The number of aryl methyl sites for hydroxylation is 1. The van der Waals surface area contributed by atoms with E-state index in [-0.39, 0.29) is 29.5 Å². The molecular formula is C20H28N4O4. The molecule has 3 rings (SSSR count). The molecule has 8 heteroatoms. The number of piperidine rings is 1. The number of nitrogens with one attached hydrogen (secondary N) is 2. The van der Waals surface area contributed by atoms with Gasteiger partial charge in [0.2, 0.25) is 11.8 Å². The number of likely N-dealkylation sites (tertiary alicyclic amines) is 1. The van der Waals surface area contributed by atoms with Crippen molar-refractivity contribution >= 4 is 17.5 Å². The van der Waals surface area contributed by atoms with Crippen LogP contribution in [-0.4, -0.2) is 53.9 Å². The first-order valence-electron chi connectivity index (χ1n) is 10.0. The lowest BCUT2D eigenvalue weighted by atomic mass is 9.97. The number of amides is 2. The largest absolute Gasteiger partial charge is 0.354 e. The summed E-state index contributed by atoms with van der Waals surface area (Å²) < 4.78 is 0. The second kappa shape index (κ2) is 9.64. The normalized spacial score (nSPS) is 22.1. The first kappa shape index (κ1) is 20.3. The van der Waals surface area contributed by atoms with Gasteiger partial charge in [-0.3, -0.25) is 19.7 Å². The summed E-state index contributed by atoms with van der Waals surface area (Å²) in [6, 6.07) is 6.37. The van der Waals surface area contributed by atoms with Crippen LogP contribution in [0.4, 0.5) is 5.69 Å². The zero-order valence-electron chi connectivity index (χ0n) is 16.1. The summed E-state index contributed by atoms with van der Waals surface area (Å²) in [5, 5.41) is 17.1. The molecule has 2 aliphatic heterocycles. The monoisotopic (exact) mass is 388 g/mol. The molecule has 0 aromatic heterocycles. The van der Waals surface area contributed by atoms with Crippen LogP contribution in [0, 0.1) is 16.0 Å². The van der Waals surface area contributed by atoms with Gasteiger partial charge in [-0.15, -0.1) is 0 Å². The third-order valence-corrected chi connectivity index (χ3v) is 5.56. The lowest BCUT2D eigenvalue weighted by Gasteiger charge is -2.33. The first-order valence-corrected chi connectivity index (χ1v) is 10.0. The molecule has 2 N–H and O–H groups in total. The third kappa shape index (κ3) is 5.51. The average Bonchev–Trinajstić information content (AvgIpc) is 3.25. The topological polar surface area (TPSA) is 105 Å². The summed E-state index contributed by atoms with van der Waals surface area (Å²) in [7, 11) is 0. The minimum atomic E-state index is -0.421. The van der Waals surface area contributed by atoms with E-state index in [9.17, 15) is 19.7 Å². The van der Waals surface area contributed by atoms with E-state index in [1.807, 2.05) is 11.0 Å². The van der Waals surface area contributed by atoms with Crippen molar-refractivity contribution in [3.05, 3.63) is 39.9 Å². The fourth-order valence-electron chi connectivity index (χ4n) is 3.97. The first-order chi connectivity index (χ1) is 13.5. The summed E-state index contributed by atoms with van der Waals surface area (Å²) in [5.41, 5.74) is 0.850. The van der Waals surface area contributed by atoms with Gasteiger partial charge in [0.15, 0.2) is 0 Å². The van der Waals surface area contributed by atoms with Gasteiger partial charge < -0.3 is 15.5 Å². The molecule has 0 spiro atoms. The molecular weight excluding hydrogens is 360 g/mol. The SMILES string of the molecule is O=C(NCC1CCCN(C(=O)CCc2cccc([N+](=O)[O-])c2)C1)C1CCCN1. The second-order valence-corrected chi connectivity index (χ2v) is 7.67.